The minimum Gasteiger partial charge on any atom is -0.496 e. The monoisotopic (exact) mass is 280 g/mol. The van der Waals surface area contributed by atoms with Crippen molar-refractivity contribution in [2.75, 3.05) is 20.8 Å². The summed E-state index contributed by atoms with van der Waals surface area (Å²) >= 11 is 0. The van der Waals surface area contributed by atoms with Crippen molar-refractivity contribution in [2.45, 2.75) is 52.7 Å². The molecular formula is C16H28N2O2. The lowest BCUT2D eigenvalue weighted by Gasteiger charge is -2.25. The average Bonchev–Trinajstić information content (AvgIpc) is 2.45. The van der Waals surface area contributed by atoms with Crippen molar-refractivity contribution in [1.29, 1.82) is 0 Å². The molecule has 114 valence electrons. The molecule has 0 saturated heterocycles. The quantitative estimate of drug-likeness (QED) is 0.795. The van der Waals surface area contributed by atoms with Crippen LogP contribution in [0.1, 0.15) is 37.1 Å². The van der Waals surface area contributed by atoms with Crippen molar-refractivity contribution in [1.82, 2.24) is 10.3 Å². The van der Waals surface area contributed by atoms with Crippen LogP contribution in [0.4, 0.5) is 0 Å². The highest BCUT2D eigenvalue weighted by Crippen LogP contribution is 2.25. The fraction of sp³-hybridized carbons (Fsp3) is 0.688. The van der Waals surface area contributed by atoms with Crippen molar-refractivity contribution in [3.05, 3.63) is 23.0 Å². The average molecular weight is 280 g/mol. The Hall–Kier alpha value is -1.13. The van der Waals surface area contributed by atoms with Gasteiger partial charge in [0, 0.05) is 42.6 Å². The molecule has 0 aromatic carbocycles. The van der Waals surface area contributed by atoms with E-state index in [-0.39, 0.29) is 12.1 Å². The van der Waals surface area contributed by atoms with Crippen LogP contribution in [0, 0.1) is 13.8 Å². The smallest absolute Gasteiger partial charge is 0.128 e. The second-order valence-electron chi connectivity index (χ2n) is 5.25. The summed E-state index contributed by atoms with van der Waals surface area (Å²) in [5, 5.41) is 3.54. The summed E-state index contributed by atoms with van der Waals surface area (Å²) in [5.74, 6) is 0.939. The molecule has 0 aliphatic carbocycles. The van der Waals surface area contributed by atoms with Gasteiger partial charge in [-0.1, -0.05) is 6.92 Å². The molecule has 2 atom stereocenters. The third-order valence-corrected chi connectivity index (χ3v) is 3.76. The number of methoxy groups -OCH3 is 2. The van der Waals surface area contributed by atoms with Crippen LogP contribution < -0.4 is 10.1 Å². The lowest BCUT2D eigenvalue weighted by atomic mass is 10.0. The molecule has 4 heteroatoms. The molecule has 0 spiro atoms. The standard InChI is InChI=1S/C16H28N2O2/c1-7-8-17-15(13(4)19-5)9-14-12(3)16(20-6)11(2)10-18-14/h10,13,15,17H,7-9H2,1-6H3. The molecule has 1 aromatic rings. The highest BCUT2D eigenvalue weighted by atomic mass is 16.5. The molecule has 0 aliphatic rings. The SMILES string of the molecule is CCCNC(Cc1ncc(C)c(OC)c1C)C(C)OC. The zero-order chi connectivity index (χ0) is 15.1. The van der Waals surface area contributed by atoms with Crippen LogP contribution in [0.5, 0.6) is 5.75 Å². The van der Waals surface area contributed by atoms with E-state index in [1.165, 1.54) is 0 Å². The number of hydrogen-bond donors (Lipinski definition) is 1. The van der Waals surface area contributed by atoms with Crippen LogP contribution >= 0.6 is 0 Å². The maximum absolute atomic E-state index is 5.48. The maximum atomic E-state index is 5.48. The molecule has 0 radical (unpaired) electrons. The van der Waals surface area contributed by atoms with Gasteiger partial charge in [-0.3, -0.25) is 4.98 Å². The van der Waals surface area contributed by atoms with Crippen LogP contribution in [-0.2, 0) is 11.2 Å². The van der Waals surface area contributed by atoms with E-state index in [9.17, 15) is 0 Å². The Balaban J connectivity index is 2.93. The van der Waals surface area contributed by atoms with E-state index in [2.05, 4.69) is 31.1 Å². The molecule has 1 heterocycles. The van der Waals surface area contributed by atoms with E-state index in [1.54, 1.807) is 14.2 Å². The first-order valence-electron chi connectivity index (χ1n) is 7.30. The minimum atomic E-state index is 0.148. The molecule has 2 unspecified atom stereocenters. The van der Waals surface area contributed by atoms with Crippen LogP contribution in [0.25, 0.3) is 0 Å². The number of aryl methyl sites for hydroxylation is 1. The summed E-state index contributed by atoms with van der Waals surface area (Å²) in [4.78, 5) is 4.58. The number of rotatable bonds is 8. The van der Waals surface area contributed by atoms with Gasteiger partial charge < -0.3 is 14.8 Å². The molecule has 0 saturated carbocycles. The van der Waals surface area contributed by atoms with Crippen molar-refractivity contribution in [3.8, 4) is 5.75 Å². The topological polar surface area (TPSA) is 43.4 Å². The fourth-order valence-corrected chi connectivity index (χ4v) is 2.38. The van der Waals surface area contributed by atoms with Gasteiger partial charge in [0.05, 0.1) is 13.2 Å². The van der Waals surface area contributed by atoms with Crippen molar-refractivity contribution >= 4 is 0 Å². The molecule has 0 aliphatic heterocycles. The molecule has 0 amide bonds. The number of nitrogens with zero attached hydrogens (tertiary/aromatic N) is 1. The first-order chi connectivity index (χ1) is 9.54. The van der Waals surface area contributed by atoms with Crippen LogP contribution in [0.3, 0.4) is 0 Å². The fourth-order valence-electron chi connectivity index (χ4n) is 2.38. The lowest BCUT2D eigenvalue weighted by Crippen LogP contribution is -2.41. The molecule has 1 N–H and O–H groups in total. The number of pyridine rings is 1. The number of nitrogens with one attached hydrogen (secondary N) is 1. The van der Waals surface area contributed by atoms with Crippen LogP contribution in [0.15, 0.2) is 6.20 Å². The second kappa shape index (κ2) is 8.22. The Kier molecular flexibility index (Phi) is 6.96. The molecule has 4 nitrogen and oxygen atoms in total. The van der Waals surface area contributed by atoms with E-state index in [0.717, 1.165) is 42.0 Å². The highest BCUT2D eigenvalue weighted by Gasteiger charge is 2.19. The predicted molar refractivity (Wildman–Crippen MR) is 82.5 cm³/mol. The van der Waals surface area contributed by atoms with Crippen LogP contribution in [-0.4, -0.2) is 37.9 Å². The molecule has 20 heavy (non-hydrogen) atoms. The number of ether oxygens (including phenoxy) is 2. The van der Waals surface area contributed by atoms with Gasteiger partial charge >= 0.3 is 0 Å². The largest absolute Gasteiger partial charge is 0.496 e. The molecule has 1 aromatic heterocycles. The van der Waals surface area contributed by atoms with E-state index in [1.807, 2.05) is 13.1 Å². The zero-order valence-electron chi connectivity index (χ0n) is 13.6. The Morgan fingerprint density at radius 2 is 2.00 bits per heavy atom. The summed E-state index contributed by atoms with van der Waals surface area (Å²) in [6.07, 6.45) is 3.99. The second-order valence-corrected chi connectivity index (χ2v) is 5.25. The first kappa shape index (κ1) is 16.9. The van der Waals surface area contributed by atoms with Gasteiger partial charge in [-0.25, -0.2) is 0 Å². The van der Waals surface area contributed by atoms with E-state index in [4.69, 9.17) is 9.47 Å². The molecule has 0 bridgehead atoms. The Bertz CT molecular complexity index is 421. The van der Waals surface area contributed by atoms with E-state index < -0.39 is 0 Å². The van der Waals surface area contributed by atoms with Crippen molar-refractivity contribution in [2.24, 2.45) is 0 Å². The Morgan fingerprint density at radius 1 is 1.30 bits per heavy atom. The summed E-state index contributed by atoms with van der Waals surface area (Å²) in [7, 11) is 3.46. The summed E-state index contributed by atoms with van der Waals surface area (Å²) in [5.41, 5.74) is 3.27. The van der Waals surface area contributed by atoms with Gasteiger partial charge in [0.15, 0.2) is 0 Å². The summed E-state index contributed by atoms with van der Waals surface area (Å²) in [6, 6.07) is 0.263. The predicted octanol–water partition coefficient (Wildman–Crippen LogP) is 2.65. The van der Waals surface area contributed by atoms with E-state index in [0.29, 0.717) is 0 Å². The zero-order valence-corrected chi connectivity index (χ0v) is 13.6. The van der Waals surface area contributed by atoms with Gasteiger partial charge in [0.25, 0.3) is 0 Å². The third-order valence-electron chi connectivity index (χ3n) is 3.76. The van der Waals surface area contributed by atoms with Gasteiger partial charge in [-0.2, -0.15) is 0 Å². The summed E-state index contributed by atoms with van der Waals surface area (Å²) < 4.78 is 11.0. The Labute approximate surface area is 122 Å². The molecular weight excluding hydrogens is 252 g/mol. The molecule has 0 fully saturated rings. The van der Waals surface area contributed by atoms with Crippen molar-refractivity contribution < 1.29 is 9.47 Å². The lowest BCUT2D eigenvalue weighted by molar-refractivity contribution is 0.0827. The summed E-state index contributed by atoms with van der Waals surface area (Å²) in [6.45, 7) is 9.34. The van der Waals surface area contributed by atoms with Gasteiger partial charge in [-0.15, -0.1) is 0 Å². The van der Waals surface area contributed by atoms with Crippen molar-refractivity contribution in [3.63, 3.8) is 0 Å². The number of aromatic nitrogens is 1. The first-order valence-corrected chi connectivity index (χ1v) is 7.30. The molecule has 1 rings (SSSR count). The van der Waals surface area contributed by atoms with Gasteiger partial charge in [0.2, 0.25) is 0 Å². The minimum absolute atomic E-state index is 0.148. The number of hydrogen-bond acceptors (Lipinski definition) is 4. The van der Waals surface area contributed by atoms with Crippen LogP contribution in [0.2, 0.25) is 0 Å². The van der Waals surface area contributed by atoms with E-state index >= 15 is 0 Å². The normalized spacial score (nSPS) is 14.1. The van der Waals surface area contributed by atoms with Gasteiger partial charge in [0.1, 0.15) is 5.75 Å². The highest BCUT2D eigenvalue weighted by molar-refractivity contribution is 5.41. The van der Waals surface area contributed by atoms with Gasteiger partial charge in [-0.05, 0) is 33.7 Å². The maximum Gasteiger partial charge on any atom is 0.128 e. The Morgan fingerprint density at radius 3 is 2.55 bits per heavy atom. The third kappa shape index (κ3) is 4.18.